The van der Waals surface area contributed by atoms with E-state index in [0.29, 0.717) is 22.6 Å². The summed E-state index contributed by atoms with van der Waals surface area (Å²) in [4.78, 5) is -0.137. The number of ether oxygens (including phenoxy) is 3. The Morgan fingerprint density at radius 2 is 1.32 bits per heavy atom. The first-order valence-electron chi connectivity index (χ1n) is 11.3. The van der Waals surface area contributed by atoms with Crippen molar-refractivity contribution in [1.82, 2.24) is 0 Å². The van der Waals surface area contributed by atoms with Gasteiger partial charge in [-0.15, -0.1) is 0 Å². The standard InChI is InChI=1S/C26H29O6PS/c1-30-21-14-10-15-22(31-2)26(21)33(24-17-8-9-18-25(24)34(27,28)29)23-16-7-6-13-20(23)32-19-11-4-3-5-12-19/h6-10,13-19H,3-5,11-12H2,1-2H3,(H,27,28,29). The second kappa shape index (κ2) is 10.8. The van der Waals surface area contributed by atoms with E-state index in [1.807, 2.05) is 42.5 Å². The smallest absolute Gasteiger partial charge is 0.295 e. The summed E-state index contributed by atoms with van der Waals surface area (Å²) < 4.78 is 52.8. The fourth-order valence-corrected chi connectivity index (χ4v) is 8.22. The number of benzene rings is 3. The van der Waals surface area contributed by atoms with Gasteiger partial charge in [-0.2, -0.15) is 8.42 Å². The van der Waals surface area contributed by atoms with Crippen molar-refractivity contribution < 1.29 is 27.2 Å². The molecule has 0 spiro atoms. The molecule has 34 heavy (non-hydrogen) atoms. The maximum Gasteiger partial charge on any atom is 0.295 e. The molecule has 1 N–H and O–H groups in total. The van der Waals surface area contributed by atoms with Crippen molar-refractivity contribution in [1.29, 1.82) is 0 Å². The lowest BCUT2D eigenvalue weighted by molar-refractivity contribution is 0.156. The third kappa shape index (κ3) is 5.22. The summed E-state index contributed by atoms with van der Waals surface area (Å²) in [6.07, 6.45) is 5.58. The largest absolute Gasteiger partial charge is 0.496 e. The normalized spacial score (nSPS) is 15.5. The van der Waals surface area contributed by atoms with Crippen molar-refractivity contribution in [2.24, 2.45) is 0 Å². The molecule has 1 fully saturated rings. The second-order valence-corrected chi connectivity index (χ2v) is 11.6. The van der Waals surface area contributed by atoms with Gasteiger partial charge in [-0.3, -0.25) is 4.55 Å². The molecule has 8 heteroatoms. The molecule has 1 atom stereocenters. The Bertz CT molecular complexity index is 1220. The molecule has 1 aliphatic carbocycles. The average molecular weight is 501 g/mol. The summed E-state index contributed by atoms with van der Waals surface area (Å²) in [7, 11) is -2.88. The summed E-state index contributed by atoms with van der Waals surface area (Å²) in [6.45, 7) is 0. The van der Waals surface area contributed by atoms with Gasteiger partial charge in [0.2, 0.25) is 0 Å². The first kappa shape index (κ1) is 24.5. The quantitative estimate of drug-likeness (QED) is 0.364. The van der Waals surface area contributed by atoms with Crippen LogP contribution in [0.25, 0.3) is 0 Å². The van der Waals surface area contributed by atoms with Crippen LogP contribution in [-0.2, 0) is 10.1 Å². The van der Waals surface area contributed by atoms with Gasteiger partial charge in [0.15, 0.2) is 0 Å². The molecule has 0 bridgehead atoms. The van der Waals surface area contributed by atoms with Crippen LogP contribution < -0.4 is 30.1 Å². The van der Waals surface area contributed by atoms with Crippen molar-refractivity contribution in [2.75, 3.05) is 14.2 Å². The highest BCUT2D eigenvalue weighted by Gasteiger charge is 2.32. The number of para-hydroxylation sites is 1. The molecule has 0 amide bonds. The Labute approximate surface area is 202 Å². The van der Waals surface area contributed by atoms with Gasteiger partial charge in [-0.1, -0.05) is 48.9 Å². The van der Waals surface area contributed by atoms with Crippen molar-refractivity contribution >= 4 is 34.0 Å². The highest BCUT2D eigenvalue weighted by Crippen LogP contribution is 2.44. The first-order chi connectivity index (χ1) is 16.4. The Morgan fingerprint density at radius 3 is 1.94 bits per heavy atom. The zero-order valence-corrected chi connectivity index (χ0v) is 21.0. The Kier molecular flexibility index (Phi) is 7.77. The molecular weight excluding hydrogens is 471 g/mol. The van der Waals surface area contributed by atoms with E-state index in [-0.39, 0.29) is 11.0 Å². The third-order valence-corrected chi connectivity index (χ3v) is 9.64. The van der Waals surface area contributed by atoms with Gasteiger partial charge in [0.05, 0.1) is 25.6 Å². The zero-order chi connectivity index (χ0) is 24.1. The van der Waals surface area contributed by atoms with Crippen molar-refractivity contribution in [3.63, 3.8) is 0 Å². The molecule has 3 aromatic carbocycles. The first-order valence-corrected chi connectivity index (χ1v) is 14.1. The van der Waals surface area contributed by atoms with E-state index in [2.05, 4.69) is 0 Å². The van der Waals surface area contributed by atoms with Crippen LogP contribution in [-0.4, -0.2) is 33.3 Å². The van der Waals surface area contributed by atoms with Crippen LogP contribution in [0.3, 0.4) is 0 Å². The zero-order valence-electron chi connectivity index (χ0n) is 19.3. The fourth-order valence-electron chi connectivity index (χ4n) is 4.39. The summed E-state index contributed by atoms with van der Waals surface area (Å²) in [5.41, 5.74) is 0. The van der Waals surface area contributed by atoms with Crippen molar-refractivity contribution in [3.05, 3.63) is 66.7 Å². The summed E-state index contributed by atoms with van der Waals surface area (Å²) in [5.74, 6) is 1.85. The Morgan fingerprint density at radius 1 is 0.765 bits per heavy atom. The van der Waals surface area contributed by atoms with E-state index in [9.17, 15) is 13.0 Å². The second-order valence-electron chi connectivity index (χ2n) is 8.13. The average Bonchev–Trinajstić information content (AvgIpc) is 2.85. The van der Waals surface area contributed by atoms with Gasteiger partial charge in [0.25, 0.3) is 10.1 Å². The Balaban J connectivity index is 1.98. The van der Waals surface area contributed by atoms with Gasteiger partial charge >= 0.3 is 0 Å². The van der Waals surface area contributed by atoms with E-state index in [4.69, 9.17) is 14.2 Å². The van der Waals surface area contributed by atoms with E-state index >= 15 is 0 Å². The lowest BCUT2D eigenvalue weighted by Crippen LogP contribution is -2.29. The number of hydrogen-bond acceptors (Lipinski definition) is 5. The molecular formula is C26H29O6PS. The number of methoxy groups -OCH3 is 2. The van der Waals surface area contributed by atoms with Crippen LogP contribution >= 0.6 is 7.92 Å². The minimum absolute atomic E-state index is 0.114. The third-order valence-electron chi connectivity index (χ3n) is 5.96. The maximum absolute atomic E-state index is 12.4. The highest BCUT2D eigenvalue weighted by molar-refractivity contribution is 7.88. The molecule has 1 aliphatic rings. The van der Waals surface area contributed by atoms with E-state index in [1.165, 1.54) is 12.5 Å². The van der Waals surface area contributed by atoms with Gasteiger partial charge in [0, 0.05) is 10.6 Å². The molecule has 0 aromatic heterocycles. The van der Waals surface area contributed by atoms with Crippen LogP contribution in [0.15, 0.2) is 71.6 Å². The van der Waals surface area contributed by atoms with Crippen LogP contribution in [0.5, 0.6) is 17.2 Å². The summed E-state index contributed by atoms with van der Waals surface area (Å²) in [5, 5.41) is 2.03. The predicted octanol–water partition coefficient (Wildman–Crippen LogP) is 4.42. The highest BCUT2D eigenvalue weighted by atomic mass is 32.2. The molecule has 3 aromatic rings. The molecule has 1 unspecified atom stereocenters. The minimum atomic E-state index is -4.48. The van der Waals surface area contributed by atoms with Crippen LogP contribution in [0, 0.1) is 0 Å². The molecule has 1 saturated carbocycles. The molecule has 0 heterocycles. The van der Waals surface area contributed by atoms with Crippen LogP contribution in [0.4, 0.5) is 0 Å². The van der Waals surface area contributed by atoms with Crippen molar-refractivity contribution in [2.45, 2.75) is 43.1 Å². The maximum atomic E-state index is 12.4. The lowest BCUT2D eigenvalue weighted by Gasteiger charge is -2.29. The van der Waals surface area contributed by atoms with Crippen LogP contribution in [0.1, 0.15) is 32.1 Å². The molecule has 6 nitrogen and oxygen atoms in total. The molecule has 0 radical (unpaired) electrons. The molecule has 0 aliphatic heterocycles. The molecule has 4 rings (SSSR count). The Hall–Kier alpha value is -2.60. The van der Waals surface area contributed by atoms with Crippen LogP contribution in [0.2, 0.25) is 0 Å². The van der Waals surface area contributed by atoms with E-state index < -0.39 is 18.0 Å². The van der Waals surface area contributed by atoms with Gasteiger partial charge in [0.1, 0.15) is 22.1 Å². The lowest BCUT2D eigenvalue weighted by atomic mass is 9.98. The number of hydrogen-bond donors (Lipinski definition) is 1. The topological polar surface area (TPSA) is 82.1 Å². The van der Waals surface area contributed by atoms with Crippen molar-refractivity contribution in [3.8, 4) is 17.2 Å². The minimum Gasteiger partial charge on any atom is -0.496 e. The monoisotopic (exact) mass is 500 g/mol. The van der Waals surface area contributed by atoms with E-state index in [1.54, 1.807) is 32.4 Å². The molecule has 180 valence electrons. The number of rotatable bonds is 8. The molecule has 0 saturated heterocycles. The van der Waals surface area contributed by atoms with Gasteiger partial charge in [-0.05, 0) is 57.9 Å². The van der Waals surface area contributed by atoms with Gasteiger partial charge in [-0.25, -0.2) is 0 Å². The SMILES string of the molecule is COc1cccc(OC)c1P(c1ccccc1OC1CCCCC1)c1ccccc1S(=O)(=O)O. The summed E-state index contributed by atoms with van der Waals surface area (Å²) >= 11 is 0. The van der Waals surface area contributed by atoms with E-state index in [0.717, 1.165) is 36.3 Å². The summed E-state index contributed by atoms with van der Waals surface area (Å²) in [6, 6.07) is 19.7. The fraction of sp³-hybridized carbons (Fsp3) is 0.308. The predicted molar refractivity (Wildman–Crippen MR) is 136 cm³/mol. The van der Waals surface area contributed by atoms with Gasteiger partial charge < -0.3 is 14.2 Å².